The zero-order chi connectivity index (χ0) is 17.3. The van der Waals surface area contributed by atoms with E-state index in [2.05, 4.69) is 21.2 Å². The van der Waals surface area contributed by atoms with E-state index in [1.165, 1.54) is 22.5 Å². The van der Waals surface area contributed by atoms with Crippen molar-refractivity contribution in [1.29, 1.82) is 0 Å². The topological polar surface area (TPSA) is 86.7 Å². The molecule has 3 rings (SSSR count). The molecule has 1 heterocycles. The van der Waals surface area contributed by atoms with Crippen molar-refractivity contribution in [3.8, 4) is 5.75 Å². The molecular weight excluding hydrogens is 396 g/mol. The number of benzene rings is 2. The molecule has 126 valence electrons. The number of hydrogen-bond donors (Lipinski definition) is 2. The molecule has 0 aromatic heterocycles. The Balaban J connectivity index is 1.88. The van der Waals surface area contributed by atoms with Crippen LogP contribution >= 0.6 is 15.9 Å². The minimum Gasteiger partial charge on any atom is -0.506 e. The largest absolute Gasteiger partial charge is 0.506 e. The Morgan fingerprint density at radius 2 is 2.00 bits per heavy atom. The van der Waals surface area contributed by atoms with Crippen molar-refractivity contribution in [2.24, 2.45) is 0 Å². The Morgan fingerprint density at radius 1 is 1.21 bits per heavy atom. The van der Waals surface area contributed by atoms with E-state index in [1.807, 2.05) is 0 Å². The van der Waals surface area contributed by atoms with Crippen molar-refractivity contribution in [2.75, 3.05) is 21.9 Å². The Bertz CT molecular complexity index is 899. The van der Waals surface area contributed by atoms with Gasteiger partial charge in [0.05, 0.1) is 17.1 Å². The predicted molar refractivity (Wildman–Crippen MR) is 96.0 cm³/mol. The van der Waals surface area contributed by atoms with E-state index in [1.54, 1.807) is 24.3 Å². The van der Waals surface area contributed by atoms with Crippen molar-refractivity contribution in [1.82, 2.24) is 0 Å². The lowest BCUT2D eigenvalue weighted by Crippen LogP contribution is -2.25. The summed E-state index contributed by atoms with van der Waals surface area (Å²) in [7, 11) is -3.32. The van der Waals surface area contributed by atoms with E-state index in [0.717, 1.165) is 4.47 Å². The molecule has 8 heteroatoms. The lowest BCUT2D eigenvalue weighted by atomic mass is 10.2. The van der Waals surface area contributed by atoms with Gasteiger partial charge in [0.1, 0.15) is 5.75 Å². The second-order valence-electron chi connectivity index (χ2n) is 5.41. The molecular formula is C16H15BrN2O4S. The SMILES string of the molecule is O=C(Nc1cc(N2CCCS2(=O)=O)ccc1O)c1cccc(Br)c1. The third-order valence-corrected chi connectivity index (χ3v) is 6.07. The van der Waals surface area contributed by atoms with Crippen LogP contribution < -0.4 is 9.62 Å². The maximum Gasteiger partial charge on any atom is 0.255 e. The summed E-state index contributed by atoms with van der Waals surface area (Å²) in [6.07, 6.45) is 0.558. The predicted octanol–water partition coefficient (Wildman–Crippen LogP) is 2.95. The van der Waals surface area contributed by atoms with Gasteiger partial charge in [0.15, 0.2) is 0 Å². The maximum atomic E-state index is 12.3. The number of sulfonamides is 1. The molecule has 1 amide bonds. The van der Waals surface area contributed by atoms with Crippen LogP contribution in [0.2, 0.25) is 0 Å². The second kappa shape index (κ2) is 6.45. The molecule has 0 radical (unpaired) electrons. The summed E-state index contributed by atoms with van der Waals surface area (Å²) < 4.78 is 26.1. The molecule has 0 saturated carbocycles. The number of rotatable bonds is 3. The quantitative estimate of drug-likeness (QED) is 0.761. The third-order valence-electron chi connectivity index (χ3n) is 3.70. The van der Waals surface area contributed by atoms with Crippen LogP contribution in [0.15, 0.2) is 46.9 Å². The van der Waals surface area contributed by atoms with Crippen molar-refractivity contribution in [3.63, 3.8) is 0 Å². The van der Waals surface area contributed by atoms with Gasteiger partial charge in [-0.2, -0.15) is 0 Å². The zero-order valence-electron chi connectivity index (χ0n) is 12.6. The molecule has 0 bridgehead atoms. The van der Waals surface area contributed by atoms with Gasteiger partial charge in [-0.3, -0.25) is 9.10 Å². The van der Waals surface area contributed by atoms with E-state index in [4.69, 9.17) is 0 Å². The first-order chi connectivity index (χ1) is 11.4. The number of hydrogen-bond acceptors (Lipinski definition) is 4. The van der Waals surface area contributed by atoms with Crippen LogP contribution in [0.25, 0.3) is 0 Å². The normalized spacial score (nSPS) is 16.1. The molecule has 1 fully saturated rings. The Kier molecular flexibility index (Phi) is 4.51. The van der Waals surface area contributed by atoms with Gasteiger partial charge in [-0.05, 0) is 42.8 Å². The standard InChI is InChI=1S/C16H15BrN2O4S/c17-12-4-1-3-11(9-12)16(21)18-14-10-13(5-6-15(14)20)19-7-2-8-24(19,22)23/h1,3-6,9-10,20H,2,7-8H2,(H,18,21). The Morgan fingerprint density at radius 3 is 2.67 bits per heavy atom. The fourth-order valence-electron chi connectivity index (χ4n) is 2.53. The lowest BCUT2D eigenvalue weighted by molar-refractivity contribution is 0.102. The van der Waals surface area contributed by atoms with Crippen molar-refractivity contribution < 1.29 is 18.3 Å². The number of halogens is 1. The van der Waals surface area contributed by atoms with E-state index in [0.29, 0.717) is 24.2 Å². The number of phenolic OH excluding ortho intramolecular Hbond substituents is 1. The van der Waals surface area contributed by atoms with E-state index in [-0.39, 0.29) is 17.2 Å². The van der Waals surface area contributed by atoms with Gasteiger partial charge >= 0.3 is 0 Å². The number of aromatic hydroxyl groups is 1. The van der Waals surface area contributed by atoms with Crippen molar-refractivity contribution >= 4 is 43.2 Å². The number of amides is 1. The number of carbonyl (C=O) groups excluding carboxylic acids is 1. The second-order valence-corrected chi connectivity index (χ2v) is 8.34. The van der Waals surface area contributed by atoms with Crippen LogP contribution in [0.5, 0.6) is 5.75 Å². The summed E-state index contributed by atoms with van der Waals surface area (Å²) in [5.74, 6) is -0.417. The summed E-state index contributed by atoms with van der Waals surface area (Å²) in [6.45, 7) is 0.395. The number of nitrogens with one attached hydrogen (secondary N) is 1. The van der Waals surface area contributed by atoms with Gasteiger partial charge in [-0.25, -0.2) is 8.42 Å². The molecule has 0 aliphatic carbocycles. The van der Waals surface area contributed by atoms with Crippen LogP contribution in [0, 0.1) is 0 Å². The highest BCUT2D eigenvalue weighted by molar-refractivity contribution is 9.10. The molecule has 1 aliphatic rings. The molecule has 24 heavy (non-hydrogen) atoms. The van der Waals surface area contributed by atoms with Gasteiger partial charge in [-0.15, -0.1) is 0 Å². The molecule has 0 unspecified atom stereocenters. The van der Waals surface area contributed by atoms with E-state index < -0.39 is 15.9 Å². The Labute approximate surface area is 148 Å². The molecule has 6 nitrogen and oxygen atoms in total. The lowest BCUT2D eigenvalue weighted by Gasteiger charge is -2.18. The van der Waals surface area contributed by atoms with Crippen LogP contribution in [0.3, 0.4) is 0 Å². The molecule has 2 aromatic carbocycles. The minimum absolute atomic E-state index is 0.105. The van der Waals surface area contributed by atoms with Gasteiger partial charge < -0.3 is 10.4 Å². The van der Waals surface area contributed by atoms with Gasteiger partial charge in [0, 0.05) is 16.6 Å². The summed E-state index contributed by atoms with van der Waals surface area (Å²) >= 11 is 3.30. The Hall–Kier alpha value is -2.06. The third kappa shape index (κ3) is 3.39. The molecule has 1 aliphatic heterocycles. The fourth-order valence-corrected chi connectivity index (χ4v) is 4.49. The average Bonchev–Trinajstić information content (AvgIpc) is 2.89. The zero-order valence-corrected chi connectivity index (χ0v) is 15.0. The fraction of sp³-hybridized carbons (Fsp3) is 0.188. The van der Waals surface area contributed by atoms with E-state index in [9.17, 15) is 18.3 Å². The molecule has 1 saturated heterocycles. The molecule has 2 N–H and O–H groups in total. The monoisotopic (exact) mass is 410 g/mol. The summed E-state index contributed by atoms with van der Waals surface area (Å²) in [5.41, 5.74) is 1.01. The number of nitrogens with zero attached hydrogens (tertiary/aromatic N) is 1. The first-order valence-corrected chi connectivity index (χ1v) is 9.67. The van der Waals surface area contributed by atoms with Crippen molar-refractivity contribution in [3.05, 3.63) is 52.5 Å². The summed E-state index contributed by atoms with van der Waals surface area (Å²) in [5, 5.41) is 12.6. The van der Waals surface area contributed by atoms with Crippen LogP contribution in [-0.4, -0.2) is 31.7 Å². The summed E-state index contributed by atoms with van der Waals surface area (Å²) in [6, 6.07) is 11.2. The molecule has 0 atom stereocenters. The average molecular weight is 411 g/mol. The smallest absolute Gasteiger partial charge is 0.255 e. The summed E-state index contributed by atoms with van der Waals surface area (Å²) in [4.78, 5) is 12.3. The first-order valence-electron chi connectivity index (χ1n) is 7.27. The number of carbonyl (C=O) groups is 1. The van der Waals surface area contributed by atoms with Crippen LogP contribution in [-0.2, 0) is 10.0 Å². The molecule has 2 aromatic rings. The van der Waals surface area contributed by atoms with Gasteiger partial charge in [0.25, 0.3) is 5.91 Å². The van der Waals surface area contributed by atoms with Crippen LogP contribution in [0.1, 0.15) is 16.8 Å². The van der Waals surface area contributed by atoms with E-state index >= 15 is 0 Å². The first kappa shape index (κ1) is 16.8. The van der Waals surface area contributed by atoms with Crippen molar-refractivity contribution in [2.45, 2.75) is 6.42 Å². The van der Waals surface area contributed by atoms with Gasteiger partial charge in [0.2, 0.25) is 10.0 Å². The minimum atomic E-state index is -3.32. The highest BCUT2D eigenvalue weighted by Crippen LogP contribution is 2.32. The maximum absolute atomic E-state index is 12.3. The van der Waals surface area contributed by atoms with Crippen LogP contribution in [0.4, 0.5) is 11.4 Å². The molecule has 0 spiro atoms. The highest BCUT2D eigenvalue weighted by Gasteiger charge is 2.28. The number of anilines is 2. The van der Waals surface area contributed by atoms with Gasteiger partial charge in [-0.1, -0.05) is 22.0 Å². The number of phenols is 1. The highest BCUT2D eigenvalue weighted by atomic mass is 79.9.